The molecule has 1 aliphatic heterocycles. The molecule has 2 heterocycles. The number of rotatable bonds is 7. The molecule has 0 amide bonds. The molecule has 0 bridgehead atoms. The Kier molecular flexibility index (Phi) is 7.38. The minimum Gasteiger partial charge on any atom is -0.379 e. The van der Waals surface area contributed by atoms with Crippen LogP contribution in [0.15, 0.2) is 23.5 Å². The second-order valence-electron chi connectivity index (χ2n) is 5.74. The zero-order valence-corrected chi connectivity index (χ0v) is 15.6. The molecule has 1 fully saturated rings. The number of anilines is 1. The number of hydrogen-bond acceptors (Lipinski definition) is 7. The maximum absolute atomic E-state index is 11.0. The van der Waals surface area contributed by atoms with Crippen molar-refractivity contribution >= 4 is 21.7 Å². The van der Waals surface area contributed by atoms with Crippen molar-refractivity contribution in [3.8, 4) is 0 Å². The van der Waals surface area contributed by atoms with Crippen LogP contribution in [0.5, 0.6) is 0 Å². The first kappa shape index (κ1) is 19.4. The number of nitrogens with one attached hydrogen (secondary N) is 1. The van der Waals surface area contributed by atoms with Gasteiger partial charge in [-0.05, 0) is 6.07 Å². The summed E-state index contributed by atoms with van der Waals surface area (Å²) in [6.07, 6.45) is 4.70. The quantitative estimate of drug-likeness (QED) is 0.380. The van der Waals surface area contributed by atoms with Crippen molar-refractivity contribution < 1.29 is 13.2 Å². The van der Waals surface area contributed by atoms with E-state index in [-0.39, 0.29) is 12.4 Å². The van der Waals surface area contributed by atoms with Gasteiger partial charge < -0.3 is 19.9 Å². The molecule has 1 aliphatic rings. The monoisotopic (exact) mass is 370 g/mol. The molecule has 2 rings (SSSR count). The second-order valence-corrected chi connectivity index (χ2v) is 8.00. The third-order valence-electron chi connectivity index (χ3n) is 3.75. The molecular weight excluding hydrogens is 344 g/mol. The predicted octanol–water partition coefficient (Wildman–Crippen LogP) is -0.765. The Morgan fingerprint density at radius 2 is 1.92 bits per heavy atom. The molecule has 1 N–H and O–H groups in total. The Morgan fingerprint density at radius 1 is 1.24 bits per heavy atom. The first-order valence-corrected chi connectivity index (χ1v) is 10.3. The molecule has 0 radical (unpaired) electrons. The highest BCUT2D eigenvalue weighted by molar-refractivity contribution is 7.90. The minimum absolute atomic E-state index is 0.0469. The minimum atomic E-state index is -2.97. The molecule has 0 spiro atoms. The fourth-order valence-corrected chi connectivity index (χ4v) is 2.87. The van der Waals surface area contributed by atoms with E-state index in [1.54, 1.807) is 19.4 Å². The van der Waals surface area contributed by atoms with Gasteiger partial charge in [0.1, 0.15) is 9.84 Å². The molecule has 1 aromatic rings. The normalized spacial score (nSPS) is 16.2. The van der Waals surface area contributed by atoms with Gasteiger partial charge in [-0.3, -0.25) is 4.99 Å². The SMILES string of the molecule is CN=C(NCCOCCS(C)(=O)=O)N1CCN(c2ncccn2)CC1. The van der Waals surface area contributed by atoms with E-state index in [1.807, 2.05) is 6.07 Å². The molecule has 9 nitrogen and oxygen atoms in total. The van der Waals surface area contributed by atoms with Crippen molar-refractivity contribution in [2.45, 2.75) is 0 Å². The van der Waals surface area contributed by atoms with Crippen molar-refractivity contribution in [1.29, 1.82) is 0 Å². The topological polar surface area (TPSA) is 100 Å². The molecule has 0 saturated carbocycles. The fourth-order valence-electron chi connectivity index (χ4n) is 2.45. The van der Waals surface area contributed by atoms with Crippen LogP contribution in [-0.2, 0) is 14.6 Å². The van der Waals surface area contributed by atoms with Crippen molar-refractivity contribution in [1.82, 2.24) is 20.2 Å². The van der Waals surface area contributed by atoms with E-state index in [0.717, 1.165) is 38.1 Å². The zero-order valence-electron chi connectivity index (χ0n) is 14.8. The molecule has 0 aromatic carbocycles. The summed E-state index contributed by atoms with van der Waals surface area (Å²) in [5, 5.41) is 3.24. The maximum Gasteiger partial charge on any atom is 0.225 e. The van der Waals surface area contributed by atoms with Crippen LogP contribution in [0.3, 0.4) is 0 Å². The summed E-state index contributed by atoms with van der Waals surface area (Å²) < 4.78 is 27.4. The van der Waals surface area contributed by atoms with Gasteiger partial charge in [-0.2, -0.15) is 0 Å². The highest BCUT2D eigenvalue weighted by Crippen LogP contribution is 2.09. The third kappa shape index (κ3) is 6.83. The molecule has 25 heavy (non-hydrogen) atoms. The Morgan fingerprint density at radius 3 is 2.52 bits per heavy atom. The summed E-state index contributed by atoms with van der Waals surface area (Å²) in [7, 11) is -1.22. The first-order valence-electron chi connectivity index (χ1n) is 8.22. The number of sulfone groups is 1. The Bertz CT molecular complexity index is 644. The average molecular weight is 370 g/mol. The maximum atomic E-state index is 11.0. The summed E-state index contributed by atoms with van der Waals surface area (Å²) in [5.41, 5.74) is 0. The average Bonchev–Trinajstić information content (AvgIpc) is 2.61. The fraction of sp³-hybridized carbons (Fsp3) is 0.667. The lowest BCUT2D eigenvalue weighted by atomic mass is 10.3. The lowest BCUT2D eigenvalue weighted by molar-refractivity contribution is 0.153. The highest BCUT2D eigenvalue weighted by Gasteiger charge is 2.20. The van der Waals surface area contributed by atoms with Crippen LogP contribution in [0.2, 0.25) is 0 Å². The van der Waals surface area contributed by atoms with E-state index < -0.39 is 9.84 Å². The predicted molar refractivity (Wildman–Crippen MR) is 97.7 cm³/mol. The molecule has 140 valence electrons. The van der Waals surface area contributed by atoms with Gasteiger partial charge in [0.15, 0.2) is 5.96 Å². The van der Waals surface area contributed by atoms with Gasteiger partial charge in [0.2, 0.25) is 5.95 Å². The molecular formula is C15H26N6O3S. The summed E-state index contributed by atoms with van der Waals surface area (Å²) in [6.45, 7) is 4.55. The largest absolute Gasteiger partial charge is 0.379 e. The van der Waals surface area contributed by atoms with E-state index >= 15 is 0 Å². The van der Waals surface area contributed by atoms with Gasteiger partial charge in [-0.1, -0.05) is 0 Å². The molecule has 0 aliphatic carbocycles. The summed E-state index contributed by atoms with van der Waals surface area (Å²) in [4.78, 5) is 17.2. The van der Waals surface area contributed by atoms with Gasteiger partial charge in [0.25, 0.3) is 0 Å². The van der Waals surface area contributed by atoms with Gasteiger partial charge in [0, 0.05) is 58.4 Å². The summed E-state index contributed by atoms with van der Waals surface area (Å²) in [5.74, 6) is 1.62. The number of hydrogen-bond donors (Lipinski definition) is 1. The van der Waals surface area contributed by atoms with Gasteiger partial charge in [-0.25, -0.2) is 18.4 Å². The summed E-state index contributed by atoms with van der Waals surface area (Å²) >= 11 is 0. The van der Waals surface area contributed by atoms with Crippen LogP contribution in [0, 0.1) is 0 Å². The van der Waals surface area contributed by atoms with Gasteiger partial charge >= 0.3 is 0 Å². The van der Waals surface area contributed by atoms with Crippen LogP contribution in [0.4, 0.5) is 5.95 Å². The number of piperazine rings is 1. The van der Waals surface area contributed by atoms with Crippen molar-refractivity contribution in [3.05, 3.63) is 18.5 Å². The molecule has 1 saturated heterocycles. The molecule has 10 heteroatoms. The van der Waals surface area contributed by atoms with Crippen LogP contribution in [0.1, 0.15) is 0 Å². The van der Waals surface area contributed by atoms with Crippen LogP contribution < -0.4 is 10.2 Å². The van der Waals surface area contributed by atoms with E-state index in [0.29, 0.717) is 13.2 Å². The van der Waals surface area contributed by atoms with Crippen molar-refractivity contribution in [2.24, 2.45) is 4.99 Å². The number of nitrogens with zero attached hydrogens (tertiary/aromatic N) is 5. The third-order valence-corrected chi connectivity index (χ3v) is 4.66. The highest BCUT2D eigenvalue weighted by atomic mass is 32.2. The second kappa shape index (κ2) is 9.52. The molecule has 0 unspecified atom stereocenters. The lowest BCUT2D eigenvalue weighted by Gasteiger charge is -2.36. The molecule has 1 aromatic heterocycles. The number of aliphatic imine (C=N–C) groups is 1. The number of aromatic nitrogens is 2. The first-order chi connectivity index (χ1) is 12.0. The van der Waals surface area contributed by atoms with E-state index in [4.69, 9.17) is 4.74 Å². The van der Waals surface area contributed by atoms with Crippen molar-refractivity contribution in [2.75, 3.05) is 69.9 Å². The van der Waals surface area contributed by atoms with Crippen LogP contribution >= 0.6 is 0 Å². The van der Waals surface area contributed by atoms with E-state index in [2.05, 4.69) is 30.1 Å². The molecule has 0 atom stereocenters. The number of guanidine groups is 1. The number of ether oxygens (including phenoxy) is 1. The standard InChI is InChI=1S/C15H26N6O3S/c1-16-14(19-6-11-24-12-13-25(2,22)23)20-7-9-21(10-8-20)15-17-4-3-5-18-15/h3-5H,6-13H2,1-2H3,(H,16,19). The summed E-state index contributed by atoms with van der Waals surface area (Å²) in [6, 6.07) is 1.81. The Balaban J connectivity index is 1.68. The Labute approximate surface area is 149 Å². The van der Waals surface area contributed by atoms with Crippen molar-refractivity contribution in [3.63, 3.8) is 0 Å². The Hall–Kier alpha value is -1.94. The zero-order chi connectivity index (χ0) is 18.1. The van der Waals surface area contributed by atoms with Crippen LogP contribution in [-0.4, -0.2) is 94.2 Å². The van der Waals surface area contributed by atoms with Gasteiger partial charge in [-0.15, -0.1) is 0 Å². The van der Waals surface area contributed by atoms with E-state index in [1.165, 1.54) is 6.26 Å². The smallest absolute Gasteiger partial charge is 0.225 e. The van der Waals surface area contributed by atoms with Gasteiger partial charge in [0.05, 0.1) is 19.0 Å². The lowest BCUT2D eigenvalue weighted by Crippen LogP contribution is -2.53. The van der Waals surface area contributed by atoms with Crippen LogP contribution in [0.25, 0.3) is 0 Å². The van der Waals surface area contributed by atoms with E-state index in [9.17, 15) is 8.42 Å².